The number of carbonyl (C=O) groups is 3. The van der Waals surface area contributed by atoms with Gasteiger partial charge < -0.3 is 28.5 Å². The number of ether oxygens (including phenoxy) is 4. The summed E-state index contributed by atoms with van der Waals surface area (Å²) in [5.74, 6) is -2.00. The number of likely N-dealkylation sites (N-methyl/N-ethyl adjacent to an activating group) is 1. The molecule has 0 aromatic carbocycles. The molecule has 0 saturated heterocycles. The first-order valence-corrected chi connectivity index (χ1v) is 33.7. The van der Waals surface area contributed by atoms with Gasteiger partial charge in [-0.3, -0.25) is 9.59 Å². The number of nitrogens with zero attached hydrogens (tertiary/aromatic N) is 1. The Hall–Kier alpha value is -2.49. The maximum Gasteiger partial charge on any atom is 0.361 e. The zero-order valence-corrected chi connectivity index (χ0v) is 52.3. The van der Waals surface area contributed by atoms with Gasteiger partial charge in [0.1, 0.15) is 13.2 Å². The monoisotopic (exact) mass is 1100 g/mol. The number of hydrogen-bond donors (Lipinski definition) is 1. The van der Waals surface area contributed by atoms with Gasteiger partial charge in [-0.1, -0.05) is 281 Å². The molecule has 0 bridgehead atoms. The second-order valence-electron chi connectivity index (χ2n) is 24.1. The summed E-state index contributed by atoms with van der Waals surface area (Å²) in [6.07, 6.45) is 72.6. The fraction of sp³-hybridized carbons (Fsp3) is 0.870. The molecule has 0 aromatic rings. The molecule has 1 N–H and O–H groups in total. The Kier molecular flexibility index (Phi) is 58.7. The maximum absolute atomic E-state index is 12.9. The molecule has 0 aromatic heterocycles. The van der Waals surface area contributed by atoms with Crippen LogP contribution in [0.1, 0.15) is 328 Å². The third-order valence-electron chi connectivity index (χ3n) is 15.1. The second-order valence-corrected chi connectivity index (χ2v) is 24.1. The molecule has 0 aliphatic rings. The van der Waals surface area contributed by atoms with Crippen molar-refractivity contribution in [1.82, 2.24) is 0 Å². The molecular formula is C69H130NO8+. The fourth-order valence-corrected chi connectivity index (χ4v) is 9.92. The van der Waals surface area contributed by atoms with Crippen LogP contribution in [0.3, 0.4) is 0 Å². The lowest BCUT2D eigenvalue weighted by Crippen LogP contribution is -2.40. The molecule has 2 atom stereocenters. The highest BCUT2D eigenvalue weighted by molar-refractivity contribution is 5.71. The van der Waals surface area contributed by atoms with E-state index in [0.29, 0.717) is 23.9 Å². The summed E-state index contributed by atoms with van der Waals surface area (Å²) in [4.78, 5) is 37.5. The van der Waals surface area contributed by atoms with E-state index in [9.17, 15) is 19.5 Å². The van der Waals surface area contributed by atoms with Gasteiger partial charge >= 0.3 is 17.9 Å². The molecule has 0 amide bonds. The van der Waals surface area contributed by atoms with Crippen LogP contribution in [-0.2, 0) is 33.3 Å². The van der Waals surface area contributed by atoms with Gasteiger partial charge in [0.15, 0.2) is 6.10 Å². The molecular weight excluding hydrogens is 971 g/mol. The number of carboxylic acid groups (broad SMARTS) is 1. The van der Waals surface area contributed by atoms with Crippen molar-refractivity contribution in [1.29, 1.82) is 0 Å². The van der Waals surface area contributed by atoms with Gasteiger partial charge in [0.25, 0.3) is 6.29 Å². The Morgan fingerprint density at radius 2 is 0.692 bits per heavy atom. The van der Waals surface area contributed by atoms with Crippen LogP contribution in [0, 0.1) is 0 Å². The van der Waals surface area contributed by atoms with Crippen LogP contribution in [-0.4, -0.2) is 87.4 Å². The molecule has 0 fully saturated rings. The molecule has 458 valence electrons. The first kappa shape index (κ1) is 75.5. The van der Waals surface area contributed by atoms with E-state index in [1.165, 1.54) is 244 Å². The van der Waals surface area contributed by atoms with Crippen molar-refractivity contribution in [2.45, 2.75) is 341 Å². The molecule has 0 spiro atoms. The summed E-state index contributed by atoms with van der Waals surface area (Å²) in [7, 11) is 5.98. The predicted molar refractivity (Wildman–Crippen MR) is 332 cm³/mol. The molecule has 78 heavy (non-hydrogen) atoms. The third-order valence-corrected chi connectivity index (χ3v) is 15.1. The van der Waals surface area contributed by atoms with Crippen LogP contribution in [0.4, 0.5) is 0 Å². The summed E-state index contributed by atoms with van der Waals surface area (Å²) in [6, 6.07) is 0. The van der Waals surface area contributed by atoms with Gasteiger partial charge in [-0.2, -0.15) is 0 Å². The first-order chi connectivity index (χ1) is 38.1. The largest absolute Gasteiger partial charge is 0.477 e. The van der Waals surface area contributed by atoms with E-state index < -0.39 is 24.3 Å². The Morgan fingerprint density at radius 3 is 1.04 bits per heavy atom. The lowest BCUT2D eigenvalue weighted by atomic mass is 10.0. The van der Waals surface area contributed by atoms with Gasteiger partial charge in [-0.15, -0.1) is 0 Å². The van der Waals surface area contributed by atoms with Gasteiger partial charge in [0.05, 0.1) is 34.4 Å². The van der Waals surface area contributed by atoms with E-state index in [2.05, 4.69) is 50.3 Å². The van der Waals surface area contributed by atoms with Gasteiger partial charge in [0.2, 0.25) is 0 Å². The summed E-state index contributed by atoms with van der Waals surface area (Å²) in [6.45, 7) is 4.90. The number of rotatable bonds is 63. The van der Waals surface area contributed by atoms with Crippen molar-refractivity contribution in [2.75, 3.05) is 47.5 Å². The summed E-state index contributed by atoms with van der Waals surface area (Å²) < 4.78 is 22.9. The van der Waals surface area contributed by atoms with E-state index in [1.807, 2.05) is 21.1 Å². The van der Waals surface area contributed by atoms with Crippen molar-refractivity contribution in [3.8, 4) is 0 Å². The average molecular weight is 1100 g/mol. The average Bonchev–Trinajstić information content (AvgIpc) is 3.41. The van der Waals surface area contributed by atoms with Crippen molar-refractivity contribution < 1.29 is 42.9 Å². The number of carboxylic acids is 1. The molecule has 0 heterocycles. The quantitative estimate of drug-likeness (QED) is 0.0211. The first-order valence-electron chi connectivity index (χ1n) is 33.7. The van der Waals surface area contributed by atoms with E-state index in [1.54, 1.807) is 0 Å². The standard InChI is InChI=1S/C69H129NO8/c1-6-8-10-12-14-16-18-20-22-24-26-27-28-29-30-31-32-33-34-35-36-37-38-39-40-41-42-44-45-47-49-51-53-55-57-59-66(71)76-63-65(64-77-69(68(73)74)75-62-61-70(3,4)5)78-67(72)60-58-56-54-52-50-48-46-43-25-23-21-19-17-15-13-11-9-7-2/h17,19,23-26,65,69H,6-16,18,20-22,27-64H2,1-5H3/p+1/b19-17-,25-23-,26-24-. The van der Waals surface area contributed by atoms with Gasteiger partial charge in [-0.25, -0.2) is 4.79 Å². The highest BCUT2D eigenvalue weighted by atomic mass is 16.7. The number of quaternary nitrogens is 1. The van der Waals surface area contributed by atoms with E-state index in [0.717, 1.165) is 51.4 Å². The zero-order valence-electron chi connectivity index (χ0n) is 52.3. The second kappa shape index (κ2) is 60.6. The van der Waals surface area contributed by atoms with Gasteiger partial charge in [0, 0.05) is 12.8 Å². The number of unbranched alkanes of at least 4 members (excludes halogenated alkanes) is 42. The van der Waals surface area contributed by atoms with Crippen LogP contribution in [0.25, 0.3) is 0 Å². The van der Waals surface area contributed by atoms with Crippen LogP contribution >= 0.6 is 0 Å². The SMILES string of the molecule is CCCCCC/C=C\C/C=C\CCCCCCCCCC(=O)OC(COC(=O)CCCCCCCCCCCCCCCCCCCCCCCCC/C=C\CCCCCCCCCC)COC(OCC[N+](C)(C)C)C(=O)O. The number of carbonyl (C=O) groups excluding carboxylic acids is 2. The molecule has 0 aliphatic carbocycles. The molecule has 0 rings (SSSR count). The smallest absolute Gasteiger partial charge is 0.361 e. The molecule has 0 radical (unpaired) electrons. The van der Waals surface area contributed by atoms with Crippen molar-refractivity contribution in [3.63, 3.8) is 0 Å². The Labute approximate surface area is 483 Å². The normalized spacial score (nSPS) is 12.9. The number of esters is 2. The predicted octanol–water partition coefficient (Wildman–Crippen LogP) is 20.4. The van der Waals surface area contributed by atoms with Crippen molar-refractivity contribution >= 4 is 17.9 Å². The third kappa shape index (κ3) is 61.1. The molecule has 0 saturated carbocycles. The minimum Gasteiger partial charge on any atom is -0.477 e. The molecule has 0 aliphatic heterocycles. The van der Waals surface area contributed by atoms with E-state index >= 15 is 0 Å². The topological polar surface area (TPSA) is 108 Å². The highest BCUT2D eigenvalue weighted by Gasteiger charge is 2.25. The summed E-state index contributed by atoms with van der Waals surface area (Å²) >= 11 is 0. The Balaban J connectivity index is 4.01. The van der Waals surface area contributed by atoms with Crippen molar-refractivity contribution in [2.24, 2.45) is 0 Å². The number of allylic oxidation sites excluding steroid dienone is 6. The Morgan fingerprint density at radius 1 is 0.385 bits per heavy atom. The van der Waals surface area contributed by atoms with Crippen LogP contribution in [0.5, 0.6) is 0 Å². The minimum atomic E-state index is -1.51. The number of aliphatic carboxylic acids is 1. The number of hydrogen-bond acceptors (Lipinski definition) is 7. The lowest BCUT2D eigenvalue weighted by molar-refractivity contribution is -0.870. The summed E-state index contributed by atoms with van der Waals surface area (Å²) in [5, 5.41) is 9.72. The summed E-state index contributed by atoms with van der Waals surface area (Å²) in [5.41, 5.74) is 0. The van der Waals surface area contributed by atoms with E-state index in [4.69, 9.17) is 18.9 Å². The molecule has 9 heteroatoms. The molecule has 9 nitrogen and oxygen atoms in total. The van der Waals surface area contributed by atoms with Crippen LogP contribution in [0.2, 0.25) is 0 Å². The van der Waals surface area contributed by atoms with Crippen LogP contribution in [0.15, 0.2) is 36.5 Å². The van der Waals surface area contributed by atoms with Gasteiger partial charge in [-0.05, 0) is 70.6 Å². The van der Waals surface area contributed by atoms with Crippen molar-refractivity contribution in [3.05, 3.63) is 36.5 Å². The molecule has 2 unspecified atom stereocenters. The minimum absolute atomic E-state index is 0.181. The highest BCUT2D eigenvalue weighted by Crippen LogP contribution is 2.18. The zero-order chi connectivity index (χ0) is 56.9. The lowest BCUT2D eigenvalue weighted by Gasteiger charge is -2.25. The fourth-order valence-electron chi connectivity index (χ4n) is 9.92. The van der Waals surface area contributed by atoms with E-state index in [-0.39, 0.29) is 32.2 Å². The van der Waals surface area contributed by atoms with Crippen LogP contribution < -0.4 is 0 Å². The Bertz CT molecular complexity index is 1370. The maximum atomic E-state index is 12.9.